The average molecular weight is 186 g/mol. The standard InChI is InChI=1S/C10H22N2O/c1-3-5-6-9(4-2)10(13)12-8-7-11/h9H,3-8,11H2,1-2H3,(H,12,13). The summed E-state index contributed by atoms with van der Waals surface area (Å²) in [6, 6.07) is 0. The van der Waals surface area contributed by atoms with Gasteiger partial charge >= 0.3 is 0 Å². The smallest absolute Gasteiger partial charge is 0.223 e. The molecular formula is C10H22N2O. The molecule has 3 heteroatoms. The van der Waals surface area contributed by atoms with Crippen LogP contribution < -0.4 is 11.1 Å². The van der Waals surface area contributed by atoms with Crippen molar-refractivity contribution in [1.29, 1.82) is 0 Å². The van der Waals surface area contributed by atoms with Crippen LogP contribution in [-0.4, -0.2) is 19.0 Å². The molecule has 1 unspecified atom stereocenters. The lowest BCUT2D eigenvalue weighted by molar-refractivity contribution is -0.125. The predicted octanol–water partition coefficient (Wildman–Crippen LogP) is 1.28. The molecule has 0 saturated heterocycles. The number of nitrogens with one attached hydrogen (secondary N) is 1. The third kappa shape index (κ3) is 5.64. The molecule has 0 heterocycles. The lowest BCUT2D eigenvalue weighted by Gasteiger charge is -2.13. The van der Waals surface area contributed by atoms with Crippen molar-refractivity contribution in [3.8, 4) is 0 Å². The molecular weight excluding hydrogens is 164 g/mol. The zero-order chi connectivity index (χ0) is 10.1. The third-order valence-corrected chi connectivity index (χ3v) is 2.21. The monoisotopic (exact) mass is 186 g/mol. The maximum atomic E-state index is 11.5. The van der Waals surface area contributed by atoms with E-state index in [-0.39, 0.29) is 11.8 Å². The van der Waals surface area contributed by atoms with E-state index >= 15 is 0 Å². The normalized spacial score (nSPS) is 12.5. The molecule has 0 aromatic carbocycles. The van der Waals surface area contributed by atoms with Gasteiger partial charge in [0, 0.05) is 19.0 Å². The largest absolute Gasteiger partial charge is 0.355 e. The molecule has 0 radical (unpaired) electrons. The van der Waals surface area contributed by atoms with Crippen LogP contribution in [0.1, 0.15) is 39.5 Å². The maximum absolute atomic E-state index is 11.5. The van der Waals surface area contributed by atoms with E-state index < -0.39 is 0 Å². The Kier molecular flexibility index (Phi) is 7.69. The molecule has 0 bridgehead atoms. The SMILES string of the molecule is CCCCC(CC)C(=O)NCCN. The van der Waals surface area contributed by atoms with Gasteiger partial charge in [0.15, 0.2) is 0 Å². The minimum absolute atomic E-state index is 0.168. The number of hydrogen-bond donors (Lipinski definition) is 2. The third-order valence-electron chi connectivity index (χ3n) is 2.21. The van der Waals surface area contributed by atoms with E-state index in [9.17, 15) is 4.79 Å². The highest BCUT2D eigenvalue weighted by Gasteiger charge is 2.14. The summed E-state index contributed by atoms with van der Waals surface area (Å²) in [6.07, 6.45) is 4.22. The van der Waals surface area contributed by atoms with E-state index in [2.05, 4.69) is 19.2 Å². The molecule has 0 spiro atoms. The Morgan fingerprint density at radius 2 is 2.15 bits per heavy atom. The Labute approximate surface area is 81.1 Å². The van der Waals surface area contributed by atoms with Crippen molar-refractivity contribution >= 4 is 5.91 Å². The summed E-state index contributed by atoms with van der Waals surface area (Å²) in [5.41, 5.74) is 5.30. The van der Waals surface area contributed by atoms with Gasteiger partial charge in [-0.1, -0.05) is 26.7 Å². The first-order chi connectivity index (χ1) is 6.26. The van der Waals surface area contributed by atoms with Crippen LogP contribution in [0.15, 0.2) is 0 Å². The van der Waals surface area contributed by atoms with Gasteiger partial charge in [0.25, 0.3) is 0 Å². The fourth-order valence-electron chi connectivity index (χ4n) is 1.31. The summed E-state index contributed by atoms with van der Waals surface area (Å²) in [5.74, 6) is 0.355. The Morgan fingerprint density at radius 1 is 1.46 bits per heavy atom. The lowest BCUT2D eigenvalue weighted by Crippen LogP contribution is -2.34. The molecule has 0 fully saturated rings. The van der Waals surface area contributed by atoms with Crippen LogP contribution in [0, 0.1) is 5.92 Å². The summed E-state index contributed by atoms with van der Waals surface area (Å²) in [7, 11) is 0. The first-order valence-electron chi connectivity index (χ1n) is 5.24. The number of rotatable bonds is 7. The Hall–Kier alpha value is -0.570. The van der Waals surface area contributed by atoms with Crippen LogP contribution in [0.3, 0.4) is 0 Å². The molecule has 0 saturated carbocycles. The molecule has 3 nitrogen and oxygen atoms in total. The Balaban J connectivity index is 3.71. The highest BCUT2D eigenvalue weighted by atomic mass is 16.1. The summed E-state index contributed by atoms with van der Waals surface area (Å²) in [6.45, 7) is 5.32. The topological polar surface area (TPSA) is 55.1 Å². The zero-order valence-electron chi connectivity index (χ0n) is 8.81. The second kappa shape index (κ2) is 8.05. The van der Waals surface area contributed by atoms with Gasteiger partial charge in [-0.2, -0.15) is 0 Å². The van der Waals surface area contributed by atoms with E-state index in [0.29, 0.717) is 13.1 Å². The molecule has 0 rings (SSSR count). The molecule has 0 aliphatic heterocycles. The van der Waals surface area contributed by atoms with Crippen molar-refractivity contribution in [2.24, 2.45) is 11.7 Å². The van der Waals surface area contributed by atoms with Crippen molar-refractivity contribution in [1.82, 2.24) is 5.32 Å². The minimum atomic E-state index is 0.168. The number of nitrogens with two attached hydrogens (primary N) is 1. The molecule has 3 N–H and O–H groups in total. The van der Waals surface area contributed by atoms with E-state index in [4.69, 9.17) is 5.73 Å². The van der Waals surface area contributed by atoms with E-state index in [1.807, 2.05) is 0 Å². The average Bonchev–Trinajstić information content (AvgIpc) is 2.16. The van der Waals surface area contributed by atoms with Crippen LogP contribution in [-0.2, 0) is 4.79 Å². The van der Waals surface area contributed by atoms with Gasteiger partial charge in [0.05, 0.1) is 0 Å². The molecule has 1 amide bonds. The van der Waals surface area contributed by atoms with E-state index in [0.717, 1.165) is 25.7 Å². The highest BCUT2D eigenvalue weighted by molar-refractivity contribution is 5.78. The van der Waals surface area contributed by atoms with Crippen LogP contribution in [0.5, 0.6) is 0 Å². The predicted molar refractivity (Wildman–Crippen MR) is 55.4 cm³/mol. The van der Waals surface area contributed by atoms with E-state index in [1.165, 1.54) is 0 Å². The molecule has 13 heavy (non-hydrogen) atoms. The summed E-state index contributed by atoms with van der Waals surface area (Å²) in [4.78, 5) is 11.5. The van der Waals surface area contributed by atoms with Gasteiger partial charge in [-0.15, -0.1) is 0 Å². The minimum Gasteiger partial charge on any atom is -0.355 e. The summed E-state index contributed by atoms with van der Waals surface area (Å²) >= 11 is 0. The van der Waals surface area contributed by atoms with Crippen LogP contribution >= 0.6 is 0 Å². The Bertz CT molecular complexity index is 137. The van der Waals surface area contributed by atoms with Crippen LogP contribution in [0.4, 0.5) is 0 Å². The Morgan fingerprint density at radius 3 is 2.62 bits per heavy atom. The number of amides is 1. The number of carbonyl (C=O) groups excluding carboxylic acids is 1. The number of hydrogen-bond acceptors (Lipinski definition) is 2. The van der Waals surface area contributed by atoms with Gasteiger partial charge < -0.3 is 11.1 Å². The second-order valence-electron chi connectivity index (χ2n) is 3.33. The number of unbranched alkanes of at least 4 members (excludes halogenated alkanes) is 1. The molecule has 0 aliphatic carbocycles. The second-order valence-corrected chi connectivity index (χ2v) is 3.33. The van der Waals surface area contributed by atoms with Gasteiger partial charge in [0.1, 0.15) is 0 Å². The molecule has 78 valence electrons. The molecule has 1 atom stereocenters. The van der Waals surface area contributed by atoms with Crippen LogP contribution in [0.2, 0.25) is 0 Å². The zero-order valence-corrected chi connectivity index (χ0v) is 8.81. The maximum Gasteiger partial charge on any atom is 0.223 e. The quantitative estimate of drug-likeness (QED) is 0.629. The molecule has 0 aromatic heterocycles. The number of carbonyl (C=O) groups is 1. The van der Waals surface area contributed by atoms with Gasteiger partial charge in [-0.25, -0.2) is 0 Å². The molecule has 0 aromatic rings. The van der Waals surface area contributed by atoms with E-state index in [1.54, 1.807) is 0 Å². The van der Waals surface area contributed by atoms with Gasteiger partial charge in [-0.05, 0) is 12.8 Å². The van der Waals surface area contributed by atoms with Crippen molar-refractivity contribution in [3.63, 3.8) is 0 Å². The van der Waals surface area contributed by atoms with Crippen molar-refractivity contribution in [2.45, 2.75) is 39.5 Å². The fraction of sp³-hybridized carbons (Fsp3) is 0.900. The summed E-state index contributed by atoms with van der Waals surface area (Å²) in [5, 5.41) is 2.83. The molecule has 0 aliphatic rings. The van der Waals surface area contributed by atoms with Crippen molar-refractivity contribution < 1.29 is 4.79 Å². The first kappa shape index (κ1) is 12.4. The van der Waals surface area contributed by atoms with Crippen molar-refractivity contribution in [3.05, 3.63) is 0 Å². The first-order valence-corrected chi connectivity index (χ1v) is 5.24. The fourth-order valence-corrected chi connectivity index (χ4v) is 1.31. The van der Waals surface area contributed by atoms with Crippen LogP contribution in [0.25, 0.3) is 0 Å². The lowest BCUT2D eigenvalue weighted by atomic mass is 9.98. The highest BCUT2D eigenvalue weighted by Crippen LogP contribution is 2.12. The summed E-state index contributed by atoms with van der Waals surface area (Å²) < 4.78 is 0. The van der Waals surface area contributed by atoms with Gasteiger partial charge in [-0.3, -0.25) is 4.79 Å². The van der Waals surface area contributed by atoms with Gasteiger partial charge in [0.2, 0.25) is 5.91 Å². The van der Waals surface area contributed by atoms with Crippen molar-refractivity contribution in [2.75, 3.05) is 13.1 Å².